The molecule has 5 nitrogen and oxygen atoms in total. The Morgan fingerprint density at radius 2 is 2.00 bits per heavy atom. The van der Waals surface area contributed by atoms with Crippen LogP contribution in [0.2, 0.25) is 0 Å². The molecule has 1 saturated heterocycles. The van der Waals surface area contributed by atoms with Gasteiger partial charge < -0.3 is 15.3 Å². The fourth-order valence-electron chi connectivity index (χ4n) is 2.19. The summed E-state index contributed by atoms with van der Waals surface area (Å²) in [7, 11) is 0. The van der Waals surface area contributed by atoms with Crippen molar-refractivity contribution < 1.29 is 19.1 Å². The first-order valence-electron chi connectivity index (χ1n) is 6.46. The molecule has 6 heteroatoms. The number of hydrogen-bond donors (Lipinski definition) is 2. The van der Waals surface area contributed by atoms with E-state index in [-0.39, 0.29) is 6.03 Å². The lowest BCUT2D eigenvalue weighted by molar-refractivity contribution is -0.150. The van der Waals surface area contributed by atoms with Crippen LogP contribution in [-0.4, -0.2) is 35.1 Å². The van der Waals surface area contributed by atoms with Gasteiger partial charge in [-0.25, -0.2) is 9.18 Å². The zero-order chi connectivity index (χ0) is 14.8. The summed E-state index contributed by atoms with van der Waals surface area (Å²) in [5.74, 6) is -1.25. The number of rotatable bonds is 2. The van der Waals surface area contributed by atoms with E-state index in [0.29, 0.717) is 31.6 Å². The van der Waals surface area contributed by atoms with Gasteiger partial charge in [-0.15, -0.1) is 0 Å². The summed E-state index contributed by atoms with van der Waals surface area (Å²) >= 11 is 0. The number of aliphatic carboxylic acids is 1. The molecule has 1 fully saturated rings. The van der Waals surface area contributed by atoms with E-state index in [0.717, 1.165) is 0 Å². The molecule has 1 aliphatic heterocycles. The van der Waals surface area contributed by atoms with Crippen molar-refractivity contribution in [2.75, 3.05) is 18.4 Å². The van der Waals surface area contributed by atoms with Crippen LogP contribution >= 0.6 is 0 Å². The second-order valence-electron chi connectivity index (χ2n) is 5.29. The van der Waals surface area contributed by atoms with Crippen molar-refractivity contribution in [2.45, 2.75) is 19.8 Å². The predicted octanol–water partition coefficient (Wildman–Crippen LogP) is 2.54. The third kappa shape index (κ3) is 3.07. The fourth-order valence-corrected chi connectivity index (χ4v) is 2.19. The number of anilines is 1. The SMILES string of the molecule is CC1(C(=O)O)CCN(C(=O)Nc2cccc(F)c2)CC1. The number of halogens is 1. The average molecular weight is 280 g/mol. The number of carboxylic acid groups (broad SMARTS) is 1. The summed E-state index contributed by atoms with van der Waals surface area (Å²) < 4.78 is 13.0. The molecule has 2 rings (SSSR count). The number of carbonyl (C=O) groups excluding carboxylic acids is 1. The van der Waals surface area contributed by atoms with Crippen LogP contribution in [0.15, 0.2) is 24.3 Å². The highest BCUT2D eigenvalue weighted by Crippen LogP contribution is 2.31. The minimum atomic E-state index is -0.831. The van der Waals surface area contributed by atoms with Crippen molar-refractivity contribution in [2.24, 2.45) is 5.41 Å². The summed E-state index contributed by atoms with van der Waals surface area (Å²) in [5, 5.41) is 11.7. The predicted molar refractivity (Wildman–Crippen MR) is 72.0 cm³/mol. The van der Waals surface area contributed by atoms with Crippen molar-refractivity contribution in [1.29, 1.82) is 0 Å². The highest BCUT2D eigenvalue weighted by atomic mass is 19.1. The van der Waals surface area contributed by atoms with Gasteiger partial charge in [-0.3, -0.25) is 4.79 Å². The Hall–Kier alpha value is -2.11. The molecule has 0 saturated carbocycles. The Morgan fingerprint density at radius 3 is 2.55 bits per heavy atom. The summed E-state index contributed by atoms with van der Waals surface area (Å²) in [4.78, 5) is 24.7. The normalized spacial score (nSPS) is 17.6. The summed E-state index contributed by atoms with van der Waals surface area (Å²) in [6.07, 6.45) is 0.831. The van der Waals surface area contributed by atoms with E-state index in [1.165, 1.54) is 18.2 Å². The minimum Gasteiger partial charge on any atom is -0.481 e. The third-order valence-electron chi connectivity index (χ3n) is 3.75. The maximum atomic E-state index is 13.0. The highest BCUT2D eigenvalue weighted by molar-refractivity contribution is 5.89. The molecular weight excluding hydrogens is 263 g/mol. The Bertz CT molecular complexity index is 525. The largest absolute Gasteiger partial charge is 0.481 e. The number of nitrogens with zero attached hydrogens (tertiary/aromatic N) is 1. The Kier molecular flexibility index (Phi) is 3.92. The lowest BCUT2D eigenvalue weighted by Crippen LogP contribution is -2.46. The zero-order valence-corrected chi connectivity index (χ0v) is 11.2. The van der Waals surface area contributed by atoms with Crippen LogP contribution < -0.4 is 5.32 Å². The first kappa shape index (κ1) is 14.3. The minimum absolute atomic E-state index is 0.331. The quantitative estimate of drug-likeness (QED) is 0.874. The molecule has 0 radical (unpaired) electrons. The van der Waals surface area contributed by atoms with Crippen molar-refractivity contribution in [3.63, 3.8) is 0 Å². The molecule has 0 bridgehead atoms. The third-order valence-corrected chi connectivity index (χ3v) is 3.75. The summed E-state index contributed by atoms with van der Waals surface area (Å²) in [6, 6.07) is 5.33. The van der Waals surface area contributed by atoms with Crippen molar-refractivity contribution >= 4 is 17.7 Å². The molecule has 2 N–H and O–H groups in total. The lowest BCUT2D eigenvalue weighted by atomic mass is 9.80. The summed E-state index contributed by atoms with van der Waals surface area (Å²) in [6.45, 7) is 2.45. The van der Waals surface area contributed by atoms with Crippen LogP contribution in [0.25, 0.3) is 0 Å². The van der Waals surface area contributed by atoms with Gasteiger partial charge in [0.25, 0.3) is 0 Å². The lowest BCUT2D eigenvalue weighted by Gasteiger charge is -2.36. The molecule has 0 aliphatic carbocycles. The van der Waals surface area contributed by atoms with E-state index < -0.39 is 17.2 Å². The average Bonchev–Trinajstić information content (AvgIpc) is 2.39. The van der Waals surface area contributed by atoms with Gasteiger partial charge in [-0.05, 0) is 38.0 Å². The fraction of sp³-hybridized carbons (Fsp3) is 0.429. The summed E-state index contributed by atoms with van der Waals surface area (Å²) in [5.41, 5.74) is -0.378. The van der Waals surface area contributed by atoms with Gasteiger partial charge in [0.2, 0.25) is 0 Å². The van der Waals surface area contributed by atoms with Gasteiger partial charge >= 0.3 is 12.0 Å². The number of likely N-dealkylation sites (tertiary alicyclic amines) is 1. The van der Waals surface area contributed by atoms with Crippen LogP contribution in [0.5, 0.6) is 0 Å². The number of amides is 2. The number of piperidine rings is 1. The standard InChI is InChI=1S/C14H17FN2O3/c1-14(12(18)19)5-7-17(8-6-14)13(20)16-11-4-2-3-10(15)9-11/h2-4,9H,5-8H2,1H3,(H,16,20)(H,18,19). The first-order chi connectivity index (χ1) is 9.40. The molecule has 1 aliphatic rings. The van der Waals surface area contributed by atoms with Crippen molar-refractivity contribution in [1.82, 2.24) is 4.90 Å². The van der Waals surface area contributed by atoms with Gasteiger partial charge in [0.15, 0.2) is 0 Å². The van der Waals surface area contributed by atoms with E-state index in [1.54, 1.807) is 17.9 Å². The molecule has 0 spiro atoms. The van der Waals surface area contributed by atoms with E-state index in [4.69, 9.17) is 5.11 Å². The molecule has 0 aromatic heterocycles. The number of carboxylic acids is 1. The molecule has 1 aromatic rings. The van der Waals surface area contributed by atoms with E-state index in [2.05, 4.69) is 5.32 Å². The smallest absolute Gasteiger partial charge is 0.321 e. The number of hydrogen-bond acceptors (Lipinski definition) is 2. The van der Waals surface area contributed by atoms with E-state index in [1.807, 2.05) is 0 Å². The van der Waals surface area contributed by atoms with Gasteiger partial charge in [0.05, 0.1) is 5.41 Å². The number of carbonyl (C=O) groups is 2. The molecule has 20 heavy (non-hydrogen) atoms. The monoisotopic (exact) mass is 280 g/mol. The Labute approximate surface area is 116 Å². The molecule has 0 unspecified atom stereocenters. The number of urea groups is 1. The van der Waals surface area contributed by atoms with Crippen LogP contribution in [0, 0.1) is 11.2 Å². The highest BCUT2D eigenvalue weighted by Gasteiger charge is 2.38. The van der Waals surface area contributed by atoms with Crippen molar-refractivity contribution in [3.05, 3.63) is 30.1 Å². The van der Waals surface area contributed by atoms with Gasteiger partial charge in [0.1, 0.15) is 5.82 Å². The Morgan fingerprint density at radius 1 is 1.35 bits per heavy atom. The van der Waals surface area contributed by atoms with Gasteiger partial charge in [0, 0.05) is 18.8 Å². The molecule has 2 amide bonds. The molecule has 1 aromatic carbocycles. The topological polar surface area (TPSA) is 69.6 Å². The van der Waals surface area contributed by atoms with Gasteiger partial charge in [-0.2, -0.15) is 0 Å². The first-order valence-corrected chi connectivity index (χ1v) is 6.46. The molecule has 108 valence electrons. The second kappa shape index (κ2) is 5.48. The Balaban J connectivity index is 1.94. The molecular formula is C14H17FN2O3. The molecule has 1 heterocycles. The maximum Gasteiger partial charge on any atom is 0.321 e. The van der Waals surface area contributed by atoms with Crippen molar-refractivity contribution in [3.8, 4) is 0 Å². The van der Waals surface area contributed by atoms with Crippen LogP contribution in [0.1, 0.15) is 19.8 Å². The zero-order valence-electron chi connectivity index (χ0n) is 11.2. The van der Waals surface area contributed by atoms with E-state index >= 15 is 0 Å². The van der Waals surface area contributed by atoms with Crippen LogP contribution in [0.3, 0.4) is 0 Å². The number of nitrogens with one attached hydrogen (secondary N) is 1. The second-order valence-corrected chi connectivity index (χ2v) is 5.29. The van der Waals surface area contributed by atoms with Crippen LogP contribution in [-0.2, 0) is 4.79 Å². The van der Waals surface area contributed by atoms with E-state index in [9.17, 15) is 14.0 Å². The number of benzene rings is 1. The molecule has 0 atom stereocenters. The maximum absolute atomic E-state index is 13.0. The van der Waals surface area contributed by atoms with Crippen LogP contribution in [0.4, 0.5) is 14.9 Å². The van der Waals surface area contributed by atoms with Gasteiger partial charge in [-0.1, -0.05) is 6.07 Å².